The van der Waals surface area contributed by atoms with Gasteiger partial charge in [0.2, 0.25) is 0 Å². The Kier molecular flexibility index (Phi) is 5.85. The summed E-state index contributed by atoms with van der Waals surface area (Å²) < 4.78 is 2.54. The number of ketones is 1. The zero-order valence-electron chi connectivity index (χ0n) is 10.7. The van der Waals surface area contributed by atoms with Crippen molar-refractivity contribution in [2.75, 3.05) is 19.6 Å². The normalized spacial score (nSPS) is 11.1. The van der Waals surface area contributed by atoms with Crippen LogP contribution in [0.25, 0.3) is 0 Å². The quantitative estimate of drug-likeness (QED) is 0.727. The second-order valence-corrected chi connectivity index (χ2v) is 4.71. The van der Waals surface area contributed by atoms with E-state index in [1.54, 1.807) is 10.9 Å². The minimum atomic E-state index is 0.156. The van der Waals surface area contributed by atoms with E-state index in [1.165, 1.54) is 0 Å². The molecule has 4 nitrogen and oxygen atoms in total. The van der Waals surface area contributed by atoms with Crippen LogP contribution in [0, 0.1) is 0 Å². The standard InChI is InChI=1S/C12H20BrN3O/c1-4-15(5-2)8-7-11(17)12-10(13)9-14-16(12)6-3/h9H,4-8H2,1-3H3. The van der Waals surface area contributed by atoms with Crippen molar-refractivity contribution in [3.8, 4) is 0 Å². The van der Waals surface area contributed by atoms with E-state index < -0.39 is 0 Å². The van der Waals surface area contributed by atoms with Crippen molar-refractivity contribution in [2.45, 2.75) is 33.7 Å². The fourth-order valence-corrected chi connectivity index (χ4v) is 2.31. The highest BCUT2D eigenvalue weighted by Crippen LogP contribution is 2.17. The predicted molar refractivity (Wildman–Crippen MR) is 72.3 cm³/mol. The Morgan fingerprint density at radius 1 is 1.41 bits per heavy atom. The van der Waals surface area contributed by atoms with Gasteiger partial charge in [-0.3, -0.25) is 9.48 Å². The molecular formula is C12H20BrN3O. The van der Waals surface area contributed by atoms with Crippen molar-refractivity contribution in [1.29, 1.82) is 0 Å². The summed E-state index contributed by atoms with van der Waals surface area (Å²) in [4.78, 5) is 14.4. The highest BCUT2D eigenvalue weighted by atomic mass is 79.9. The summed E-state index contributed by atoms with van der Waals surface area (Å²) in [6.07, 6.45) is 2.24. The van der Waals surface area contributed by atoms with Gasteiger partial charge in [0.25, 0.3) is 0 Å². The summed E-state index contributed by atoms with van der Waals surface area (Å²) in [5.74, 6) is 0.156. The number of carbonyl (C=O) groups excluding carboxylic acids is 1. The van der Waals surface area contributed by atoms with Crippen LogP contribution in [0.5, 0.6) is 0 Å². The van der Waals surface area contributed by atoms with Gasteiger partial charge in [-0.25, -0.2) is 0 Å². The van der Waals surface area contributed by atoms with Crippen LogP contribution in [-0.4, -0.2) is 40.1 Å². The second-order valence-electron chi connectivity index (χ2n) is 3.86. The summed E-state index contributed by atoms with van der Waals surface area (Å²) in [7, 11) is 0. The number of aromatic nitrogens is 2. The molecule has 0 amide bonds. The SMILES string of the molecule is CCN(CC)CCC(=O)c1c(Br)cnn1CC. The molecule has 17 heavy (non-hydrogen) atoms. The van der Waals surface area contributed by atoms with Crippen LogP contribution in [0.2, 0.25) is 0 Å². The summed E-state index contributed by atoms with van der Waals surface area (Å²) in [6, 6.07) is 0. The third-order valence-corrected chi connectivity index (χ3v) is 3.49. The van der Waals surface area contributed by atoms with Gasteiger partial charge < -0.3 is 4.90 Å². The molecule has 0 aromatic carbocycles. The Labute approximate surface area is 111 Å². The van der Waals surface area contributed by atoms with Gasteiger partial charge in [-0.2, -0.15) is 5.10 Å². The summed E-state index contributed by atoms with van der Waals surface area (Å²) >= 11 is 3.38. The molecule has 96 valence electrons. The second kappa shape index (κ2) is 6.91. The van der Waals surface area contributed by atoms with Crippen LogP contribution in [0.15, 0.2) is 10.7 Å². The molecule has 0 radical (unpaired) electrons. The Bertz CT molecular complexity index is 372. The molecule has 1 heterocycles. The average molecular weight is 302 g/mol. The number of rotatable bonds is 7. The molecule has 0 spiro atoms. The van der Waals surface area contributed by atoms with E-state index in [1.807, 2.05) is 6.92 Å². The topological polar surface area (TPSA) is 38.1 Å². The van der Waals surface area contributed by atoms with Crippen LogP contribution in [-0.2, 0) is 6.54 Å². The van der Waals surface area contributed by atoms with Crippen LogP contribution >= 0.6 is 15.9 Å². The number of Topliss-reactive ketones (excluding diaryl/α,β-unsaturated/α-hetero) is 1. The zero-order valence-corrected chi connectivity index (χ0v) is 12.3. The fraction of sp³-hybridized carbons (Fsp3) is 0.667. The maximum atomic E-state index is 12.1. The number of hydrogen-bond donors (Lipinski definition) is 0. The van der Waals surface area contributed by atoms with Gasteiger partial charge in [0, 0.05) is 19.5 Å². The van der Waals surface area contributed by atoms with E-state index in [9.17, 15) is 4.79 Å². The minimum absolute atomic E-state index is 0.156. The number of carbonyl (C=O) groups is 1. The largest absolute Gasteiger partial charge is 0.303 e. The predicted octanol–water partition coefficient (Wildman–Crippen LogP) is 2.58. The number of halogens is 1. The van der Waals surface area contributed by atoms with Gasteiger partial charge in [0.15, 0.2) is 5.78 Å². The summed E-state index contributed by atoms with van der Waals surface area (Å²) in [5.41, 5.74) is 0.694. The third kappa shape index (κ3) is 3.64. The van der Waals surface area contributed by atoms with Crippen LogP contribution < -0.4 is 0 Å². The highest BCUT2D eigenvalue weighted by molar-refractivity contribution is 9.10. The van der Waals surface area contributed by atoms with Gasteiger partial charge in [-0.15, -0.1) is 0 Å². The first-order valence-corrected chi connectivity index (χ1v) is 6.90. The lowest BCUT2D eigenvalue weighted by atomic mass is 10.2. The van der Waals surface area contributed by atoms with E-state index in [0.717, 1.165) is 30.7 Å². The van der Waals surface area contributed by atoms with E-state index in [4.69, 9.17) is 0 Å². The highest BCUT2D eigenvalue weighted by Gasteiger charge is 2.16. The monoisotopic (exact) mass is 301 g/mol. The third-order valence-electron chi connectivity index (χ3n) is 2.91. The molecule has 1 aromatic rings. The molecule has 0 saturated carbocycles. The molecule has 0 bridgehead atoms. The van der Waals surface area contributed by atoms with Crippen molar-refractivity contribution >= 4 is 21.7 Å². The zero-order chi connectivity index (χ0) is 12.8. The Balaban J connectivity index is 2.66. The molecule has 0 atom stereocenters. The molecule has 1 aromatic heterocycles. The molecule has 0 aliphatic heterocycles. The number of nitrogens with zero attached hydrogens (tertiary/aromatic N) is 3. The molecular weight excluding hydrogens is 282 g/mol. The first kappa shape index (κ1) is 14.4. The van der Waals surface area contributed by atoms with E-state index >= 15 is 0 Å². The lowest BCUT2D eigenvalue weighted by Crippen LogP contribution is -2.26. The summed E-state index contributed by atoms with van der Waals surface area (Å²) in [6.45, 7) is 9.71. The number of hydrogen-bond acceptors (Lipinski definition) is 3. The fourth-order valence-electron chi connectivity index (χ4n) is 1.80. The lowest BCUT2D eigenvalue weighted by molar-refractivity contribution is 0.0955. The Morgan fingerprint density at radius 2 is 2.06 bits per heavy atom. The van der Waals surface area contributed by atoms with Crippen molar-refractivity contribution in [2.24, 2.45) is 0 Å². The maximum Gasteiger partial charge on any atom is 0.183 e. The molecule has 0 unspecified atom stereocenters. The molecule has 0 aliphatic rings. The Hall–Kier alpha value is -0.680. The van der Waals surface area contributed by atoms with Crippen molar-refractivity contribution in [1.82, 2.24) is 14.7 Å². The molecule has 0 saturated heterocycles. The van der Waals surface area contributed by atoms with Gasteiger partial charge >= 0.3 is 0 Å². The van der Waals surface area contributed by atoms with Gasteiger partial charge in [-0.1, -0.05) is 13.8 Å². The summed E-state index contributed by atoms with van der Waals surface area (Å²) in [5, 5.41) is 4.16. The molecule has 0 fully saturated rings. The van der Waals surface area contributed by atoms with Crippen LogP contribution in [0.4, 0.5) is 0 Å². The van der Waals surface area contributed by atoms with Crippen LogP contribution in [0.1, 0.15) is 37.7 Å². The van der Waals surface area contributed by atoms with Crippen molar-refractivity contribution in [3.63, 3.8) is 0 Å². The first-order valence-electron chi connectivity index (χ1n) is 6.10. The number of aryl methyl sites for hydroxylation is 1. The van der Waals surface area contributed by atoms with Crippen LogP contribution in [0.3, 0.4) is 0 Å². The smallest absolute Gasteiger partial charge is 0.183 e. The maximum absolute atomic E-state index is 12.1. The van der Waals surface area contributed by atoms with Crippen molar-refractivity contribution < 1.29 is 4.79 Å². The average Bonchev–Trinajstić information content (AvgIpc) is 2.71. The molecule has 5 heteroatoms. The molecule has 1 rings (SSSR count). The lowest BCUT2D eigenvalue weighted by Gasteiger charge is -2.17. The minimum Gasteiger partial charge on any atom is -0.303 e. The molecule has 0 N–H and O–H groups in total. The Morgan fingerprint density at radius 3 is 2.59 bits per heavy atom. The van der Waals surface area contributed by atoms with E-state index in [-0.39, 0.29) is 5.78 Å². The van der Waals surface area contributed by atoms with E-state index in [2.05, 4.69) is 39.8 Å². The van der Waals surface area contributed by atoms with Gasteiger partial charge in [0.05, 0.1) is 10.7 Å². The van der Waals surface area contributed by atoms with Gasteiger partial charge in [0.1, 0.15) is 5.69 Å². The van der Waals surface area contributed by atoms with E-state index in [0.29, 0.717) is 12.1 Å². The van der Waals surface area contributed by atoms with Gasteiger partial charge in [-0.05, 0) is 35.9 Å². The molecule has 0 aliphatic carbocycles. The first-order chi connectivity index (χ1) is 8.13. The van der Waals surface area contributed by atoms with Crippen molar-refractivity contribution in [3.05, 3.63) is 16.4 Å².